The highest BCUT2D eigenvalue weighted by molar-refractivity contribution is 7.07. The van der Waals surface area contributed by atoms with Crippen molar-refractivity contribution < 1.29 is 9.32 Å². The molecular formula is C15H16N4O2S. The van der Waals surface area contributed by atoms with Crippen LogP contribution >= 0.6 is 11.3 Å². The second-order valence-electron chi connectivity index (χ2n) is 5.13. The lowest BCUT2D eigenvalue weighted by atomic mass is 10.2. The van der Waals surface area contributed by atoms with Crippen LogP contribution in [0.1, 0.15) is 27.5 Å². The number of rotatable bonds is 2. The summed E-state index contributed by atoms with van der Waals surface area (Å²) in [5.41, 5.74) is 2.30. The maximum absolute atomic E-state index is 12.5. The van der Waals surface area contributed by atoms with E-state index in [4.69, 9.17) is 4.52 Å². The van der Waals surface area contributed by atoms with Gasteiger partial charge in [0.05, 0.1) is 5.56 Å². The Hall–Kier alpha value is -2.41. The van der Waals surface area contributed by atoms with Crippen molar-refractivity contribution in [1.82, 2.24) is 14.3 Å². The number of hydrogen-bond acceptors (Lipinski definition) is 4. The van der Waals surface area contributed by atoms with Crippen LogP contribution in [0.3, 0.4) is 0 Å². The monoisotopic (exact) mass is 316 g/mol. The molecule has 1 amide bonds. The highest BCUT2D eigenvalue weighted by atomic mass is 32.1. The molecule has 22 heavy (non-hydrogen) atoms. The van der Waals surface area contributed by atoms with Gasteiger partial charge in [0.1, 0.15) is 5.76 Å². The van der Waals surface area contributed by atoms with E-state index in [2.05, 4.69) is 10.1 Å². The lowest BCUT2D eigenvalue weighted by molar-refractivity contribution is 0.0997. The van der Waals surface area contributed by atoms with E-state index in [1.54, 1.807) is 0 Å². The minimum atomic E-state index is -0.252. The number of amides is 1. The highest BCUT2D eigenvalue weighted by Gasteiger charge is 2.18. The Balaban J connectivity index is 2.07. The van der Waals surface area contributed by atoms with Gasteiger partial charge in [-0.2, -0.15) is 4.99 Å². The Kier molecular flexibility index (Phi) is 3.58. The van der Waals surface area contributed by atoms with E-state index in [1.165, 1.54) is 11.3 Å². The molecule has 0 aliphatic carbocycles. The largest absolute Gasteiger partial charge is 0.360 e. The van der Waals surface area contributed by atoms with E-state index in [0.29, 0.717) is 16.2 Å². The summed E-state index contributed by atoms with van der Waals surface area (Å²) in [4.78, 5) is 17.3. The fraction of sp³-hybridized carbons (Fsp3) is 0.267. The molecule has 0 saturated heterocycles. The van der Waals surface area contributed by atoms with Crippen LogP contribution in [-0.2, 0) is 7.05 Å². The molecule has 3 aromatic heterocycles. The van der Waals surface area contributed by atoms with Crippen molar-refractivity contribution in [3.63, 3.8) is 0 Å². The van der Waals surface area contributed by atoms with Crippen LogP contribution < -0.4 is 4.80 Å². The molecule has 0 radical (unpaired) electrons. The molecule has 0 fully saturated rings. The molecular weight excluding hydrogens is 300 g/mol. The summed E-state index contributed by atoms with van der Waals surface area (Å²) in [6.45, 7) is 5.65. The third kappa shape index (κ3) is 2.43. The summed E-state index contributed by atoms with van der Waals surface area (Å²) >= 11 is 1.43. The summed E-state index contributed by atoms with van der Waals surface area (Å²) in [7, 11) is 1.87. The molecule has 0 unspecified atom stereocenters. The Morgan fingerprint density at radius 3 is 2.68 bits per heavy atom. The van der Waals surface area contributed by atoms with Crippen molar-refractivity contribution in [2.45, 2.75) is 20.8 Å². The molecule has 3 rings (SSSR count). The van der Waals surface area contributed by atoms with Crippen molar-refractivity contribution in [1.29, 1.82) is 0 Å². The highest BCUT2D eigenvalue weighted by Crippen LogP contribution is 2.21. The van der Waals surface area contributed by atoms with Gasteiger partial charge in [0.25, 0.3) is 5.91 Å². The average molecular weight is 316 g/mol. The molecule has 114 valence electrons. The Bertz CT molecular complexity index is 910. The molecule has 3 aromatic rings. The lowest BCUT2D eigenvalue weighted by Crippen LogP contribution is -2.13. The smallest absolute Gasteiger partial charge is 0.281 e. The third-order valence-corrected chi connectivity index (χ3v) is 4.31. The number of thiazole rings is 1. The normalized spacial score (nSPS) is 12.1. The SMILES string of the molecule is Cc1cc(-n2c(C)cc(C(=O)N=c3sccn3C)c2C)no1. The van der Waals surface area contributed by atoms with Crippen molar-refractivity contribution in [2.24, 2.45) is 12.0 Å². The van der Waals surface area contributed by atoms with Gasteiger partial charge in [-0.15, -0.1) is 11.3 Å². The summed E-state index contributed by atoms with van der Waals surface area (Å²) in [5, 5.41) is 5.91. The van der Waals surface area contributed by atoms with Gasteiger partial charge in [-0.25, -0.2) is 0 Å². The van der Waals surface area contributed by atoms with Crippen LogP contribution in [0.4, 0.5) is 0 Å². The van der Waals surface area contributed by atoms with Crippen molar-refractivity contribution in [3.8, 4) is 5.82 Å². The molecule has 0 aromatic carbocycles. The maximum atomic E-state index is 12.5. The van der Waals surface area contributed by atoms with Gasteiger partial charge in [0, 0.05) is 36.1 Å². The first kappa shape index (κ1) is 14.5. The molecule has 3 heterocycles. The van der Waals surface area contributed by atoms with Gasteiger partial charge in [-0.3, -0.25) is 9.36 Å². The number of hydrogen-bond donors (Lipinski definition) is 0. The zero-order chi connectivity index (χ0) is 15.9. The predicted octanol–water partition coefficient (Wildman–Crippen LogP) is 2.53. The van der Waals surface area contributed by atoms with E-state index < -0.39 is 0 Å². The zero-order valence-electron chi connectivity index (χ0n) is 12.8. The summed E-state index contributed by atoms with van der Waals surface area (Å²) in [5.74, 6) is 1.15. The molecule has 0 aliphatic rings. The minimum Gasteiger partial charge on any atom is -0.360 e. The molecule has 0 saturated carbocycles. The summed E-state index contributed by atoms with van der Waals surface area (Å²) < 4.78 is 8.84. The lowest BCUT2D eigenvalue weighted by Gasteiger charge is -2.03. The number of carbonyl (C=O) groups excluding carboxylic acids is 1. The predicted molar refractivity (Wildman–Crippen MR) is 83.2 cm³/mol. The number of aryl methyl sites for hydroxylation is 3. The molecule has 0 aliphatic heterocycles. The van der Waals surface area contributed by atoms with E-state index >= 15 is 0 Å². The van der Waals surface area contributed by atoms with Gasteiger partial charge in [0.15, 0.2) is 10.6 Å². The van der Waals surface area contributed by atoms with Gasteiger partial charge in [0.2, 0.25) is 0 Å². The number of carbonyl (C=O) groups is 1. The molecule has 0 atom stereocenters. The van der Waals surface area contributed by atoms with Crippen LogP contribution in [0.2, 0.25) is 0 Å². The maximum Gasteiger partial charge on any atom is 0.281 e. The third-order valence-electron chi connectivity index (χ3n) is 3.46. The number of nitrogens with zero attached hydrogens (tertiary/aromatic N) is 4. The molecule has 6 nitrogen and oxygen atoms in total. The molecule has 0 N–H and O–H groups in total. The Morgan fingerprint density at radius 1 is 1.32 bits per heavy atom. The average Bonchev–Trinajstić information content (AvgIpc) is 3.12. The second-order valence-corrected chi connectivity index (χ2v) is 6.00. The number of aromatic nitrogens is 3. The van der Waals surface area contributed by atoms with E-state index in [1.807, 2.05) is 60.7 Å². The van der Waals surface area contributed by atoms with E-state index in [0.717, 1.165) is 17.1 Å². The van der Waals surface area contributed by atoms with Crippen LogP contribution in [-0.4, -0.2) is 20.2 Å². The first-order chi connectivity index (χ1) is 10.5. The fourth-order valence-electron chi connectivity index (χ4n) is 2.37. The zero-order valence-corrected chi connectivity index (χ0v) is 13.6. The molecule has 0 spiro atoms. The summed E-state index contributed by atoms with van der Waals surface area (Å²) in [6, 6.07) is 3.67. The van der Waals surface area contributed by atoms with Crippen molar-refractivity contribution in [3.05, 3.63) is 51.2 Å². The van der Waals surface area contributed by atoms with Gasteiger partial charge >= 0.3 is 0 Å². The second kappa shape index (κ2) is 5.42. The fourth-order valence-corrected chi connectivity index (χ4v) is 3.10. The minimum absolute atomic E-state index is 0.252. The Labute approximate surface area is 131 Å². The quantitative estimate of drug-likeness (QED) is 0.730. The first-order valence-electron chi connectivity index (χ1n) is 6.79. The van der Waals surface area contributed by atoms with Crippen molar-refractivity contribution >= 4 is 17.2 Å². The first-order valence-corrected chi connectivity index (χ1v) is 7.67. The topological polar surface area (TPSA) is 65.3 Å². The van der Waals surface area contributed by atoms with Gasteiger partial charge < -0.3 is 9.09 Å². The summed E-state index contributed by atoms with van der Waals surface area (Å²) in [6.07, 6.45) is 1.87. The van der Waals surface area contributed by atoms with Crippen molar-refractivity contribution in [2.75, 3.05) is 0 Å². The van der Waals surface area contributed by atoms with Gasteiger partial charge in [-0.1, -0.05) is 5.16 Å². The van der Waals surface area contributed by atoms with Crippen LogP contribution in [0.15, 0.2) is 33.2 Å². The standard InChI is InChI=1S/C15H16N4O2S/c1-9-7-12(14(20)16-15-18(4)5-6-22-15)11(3)19(9)13-8-10(2)21-17-13/h5-8H,1-4H3. The molecule has 0 bridgehead atoms. The van der Waals surface area contributed by atoms with E-state index in [-0.39, 0.29) is 5.91 Å². The Morgan fingerprint density at radius 2 is 2.09 bits per heavy atom. The van der Waals surface area contributed by atoms with Crippen LogP contribution in [0.25, 0.3) is 5.82 Å². The van der Waals surface area contributed by atoms with Gasteiger partial charge in [-0.05, 0) is 26.8 Å². The molecule has 7 heteroatoms. The van der Waals surface area contributed by atoms with Crippen LogP contribution in [0.5, 0.6) is 0 Å². The van der Waals surface area contributed by atoms with Crippen LogP contribution in [0, 0.1) is 20.8 Å². The van der Waals surface area contributed by atoms with E-state index in [9.17, 15) is 4.79 Å².